The first-order chi connectivity index (χ1) is 8.99. The van der Waals surface area contributed by atoms with Crippen molar-refractivity contribution in [3.8, 4) is 5.75 Å². The molecule has 4 nitrogen and oxygen atoms in total. The molecule has 1 rings (SSSR count). The molecule has 106 valence electrons. The van der Waals surface area contributed by atoms with Gasteiger partial charge in [-0.05, 0) is 26.0 Å². The largest absolute Gasteiger partial charge is 0.508 e. The third-order valence-electron chi connectivity index (χ3n) is 3.13. The Morgan fingerprint density at radius 1 is 1.53 bits per heavy atom. The fourth-order valence-corrected chi connectivity index (χ4v) is 2.03. The van der Waals surface area contributed by atoms with Crippen molar-refractivity contribution in [3.05, 3.63) is 29.6 Å². The molecule has 1 aromatic rings. The number of carbonyl (C=O) groups is 1. The quantitative estimate of drug-likeness (QED) is 0.830. The van der Waals surface area contributed by atoms with E-state index < -0.39 is 5.82 Å². The number of carbonyl (C=O) groups excluding carboxylic acids is 1. The van der Waals surface area contributed by atoms with Gasteiger partial charge in [0.05, 0.1) is 6.54 Å². The molecule has 0 bridgehead atoms. The molecule has 0 aliphatic rings. The van der Waals surface area contributed by atoms with E-state index in [1.807, 2.05) is 18.7 Å². The zero-order valence-corrected chi connectivity index (χ0v) is 11.6. The van der Waals surface area contributed by atoms with E-state index >= 15 is 0 Å². The summed E-state index contributed by atoms with van der Waals surface area (Å²) < 4.78 is 13.0. The summed E-state index contributed by atoms with van der Waals surface area (Å²) in [5.41, 5.74) is 0.624. The SMILES string of the molecule is CCCN(CC(=O)NC)C(C)c1ccc(F)cc1O. The van der Waals surface area contributed by atoms with Crippen molar-refractivity contribution in [1.29, 1.82) is 0 Å². The molecule has 0 radical (unpaired) electrons. The molecule has 0 aliphatic carbocycles. The summed E-state index contributed by atoms with van der Waals surface area (Å²) >= 11 is 0. The van der Waals surface area contributed by atoms with E-state index in [1.165, 1.54) is 6.07 Å². The molecular weight excluding hydrogens is 247 g/mol. The van der Waals surface area contributed by atoms with Crippen molar-refractivity contribution < 1.29 is 14.3 Å². The van der Waals surface area contributed by atoms with Gasteiger partial charge in [0.1, 0.15) is 11.6 Å². The summed E-state index contributed by atoms with van der Waals surface area (Å²) in [7, 11) is 1.59. The number of phenols is 1. The van der Waals surface area contributed by atoms with Crippen LogP contribution >= 0.6 is 0 Å². The van der Waals surface area contributed by atoms with Crippen molar-refractivity contribution in [2.75, 3.05) is 20.1 Å². The van der Waals surface area contributed by atoms with Gasteiger partial charge in [-0.15, -0.1) is 0 Å². The lowest BCUT2D eigenvalue weighted by atomic mass is 10.1. The number of hydrogen-bond donors (Lipinski definition) is 2. The monoisotopic (exact) mass is 268 g/mol. The van der Waals surface area contributed by atoms with Crippen molar-refractivity contribution in [2.24, 2.45) is 0 Å². The van der Waals surface area contributed by atoms with Crippen LogP contribution in [0, 0.1) is 5.82 Å². The summed E-state index contributed by atoms with van der Waals surface area (Å²) in [5, 5.41) is 12.4. The Morgan fingerprint density at radius 2 is 2.21 bits per heavy atom. The van der Waals surface area contributed by atoms with E-state index in [1.54, 1.807) is 13.1 Å². The Bertz CT molecular complexity index is 437. The molecule has 1 atom stereocenters. The van der Waals surface area contributed by atoms with E-state index in [0.29, 0.717) is 5.56 Å². The number of phenolic OH excluding ortho intramolecular Hbond substituents is 1. The Kier molecular flexibility index (Phi) is 5.76. The standard InChI is InChI=1S/C14H21FN2O2/c1-4-7-17(9-14(19)16-3)10(2)12-6-5-11(15)8-13(12)18/h5-6,8,10,18H,4,7,9H2,1-3H3,(H,16,19). The van der Waals surface area contributed by atoms with Crippen LogP contribution in [0.5, 0.6) is 5.75 Å². The van der Waals surface area contributed by atoms with Crippen LogP contribution in [0.2, 0.25) is 0 Å². The van der Waals surface area contributed by atoms with Crippen LogP contribution in [0.3, 0.4) is 0 Å². The average molecular weight is 268 g/mol. The molecule has 5 heteroatoms. The summed E-state index contributed by atoms with van der Waals surface area (Å²) in [4.78, 5) is 13.4. The first-order valence-corrected chi connectivity index (χ1v) is 6.42. The number of benzene rings is 1. The van der Waals surface area contributed by atoms with Gasteiger partial charge in [-0.2, -0.15) is 0 Å². The minimum absolute atomic E-state index is 0.0782. The highest BCUT2D eigenvalue weighted by atomic mass is 19.1. The topological polar surface area (TPSA) is 52.6 Å². The normalized spacial score (nSPS) is 12.5. The number of nitrogens with zero attached hydrogens (tertiary/aromatic N) is 1. The number of hydrogen-bond acceptors (Lipinski definition) is 3. The number of rotatable bonds is 6. The molecule has 0 fully saturated rings. The third-order valence-corrected chi connectivity index (χ3v) is 3.13. The molecule has 19 heavy (non-hydrogen) atoms. The van der Waals surface area contributed by atoms with E-state index in [2.05, 4.69) is 5.32 Å². The second-order valence-electron chi connectivity index (χ2n) is 4.52. The van der Waals surface area contributed by atoms with Crippen molar-refractivity contribution in [1.82, 2.24) is 10.2 Å². The van der Waals surface area contributed by atoms with E-state index in [0.717, 1.165) is 19.0 Å². The molecule has 1 aromatic carbocycles. The van der Waals surface area contributed by atoms with Gasteiger partial charge in [0.25, 0.3) is 0 Å². The lowest BCUT2D eigenvalue weighted by molar-refractivity contribution is -0.122. The molecule has 1 amide bonds. The molecule has 1 unspecified atom stereocenters. The predicted molar refractivity (Wildman–Crippen MR) is 72.4 cm³/mol. The number of likely N-dealkylation sites (N-methyl/N-ethyl adjacent to an activating group) is 1. The summed E-state index contributed by atoms with van der Waals surface area (Å²) in [6.07, 6.45) is 0.892. The third kappa shape index (κ3) is 4.21. The lowest BCUT2D eigenvalue weighted by Crippen LogP contribution is -2.37. The summed E-state index contributed by atoms with van der Waals surface area (Å²) in [6.45, 7) is 4.90. The zero-order valence-electron chi connectivity index (χ0n) is 11.6. The van der Waals surface area contributed by atoms with Crippen LogP contribution in [-0.4, -0.2) is 36.1 Å². The zero-order chi connectivity index (χ0) is 14.4. The fourth-order valence-electron chi connectivity index (χ4n) is 2.03. The smallest absolute Gasteiger partial charge is 0.233 e. The molecular formula is C14H21FN2O2. The van der Waals surface area contributed by atoms with Gasteiger partial charge in [-0.1, -0.05) is 13.0 Å². The van der Waals surface area contributed by atoms with Crippen LogP contribution in [0.15, 0.2) is 18.2 Å². The van der Waals surface area contributed by atoms with Crippen LogP contribution < -0.4 is 5.32 Å². The summed E-state index contributed by atoms with van der Waals surface area (Å²) in [5.74, 6) is -0.630. The van der Waals surface area contributed by atoms with Gasteiger partial charge in [-0.25, -0.2) is 4.39 Å². The minimum Gasteiger partial charge on any atom is -0.508 e. The second kappa shape index (κ2) is 7.09. The maximum atomic E-state index is 13.0. The number of nitrogens with one attached hydrogen (secondary N) is 1. The Balaban J connectivity index is 2.91. The number of amides is 1. The fraction of sp³-hybridized carbons (Fsp3) is 0.500. The van der Waals surface area contributed by atoms with E-state index in [4.69, 9.17) is 0 Å². The first kappa shape index (κ1) is 15.4. The molecule has 0 aliphatic heterocycles. The van der Waals surface area contributed by atoms with Crippen LogP contribution in [0.4, 0.5) is 4.39 Å². The van der Waals surface area contributed by atoms with Crippen LogP contribution in [-0.2, 0) is 4.79 Å². The highest BCUT2D eigenvalue weighted by Crippen LogP contribution is 2.28. The van der Waals surface area contributed by atoms with Gasteiger partial charge >= 0.3 is 0 Å². The first-order valence-electron chi connectivity index (χ1n) is 6.42. The van der Waals surface area contributed by atoms with Crippen LogP contribution in [0.25, 0.3) is 0 Å². The van der Waals surface area contributed by atoms with Gasteiger partial charge < -0.3 is 10.4 Å². The summed E-state index contributed by atoms with van der Waals surface area (Å²) in [6, 6.07) is 3.81. The molecule has 2 N–H and O–H groups in total. The maximum Gasteiger partial charge on any atom is 0.233 e. The Labute approximate surface area is 113 Å². The van der Waals surface area contributed by atoms with Gasteiger partial charge in [0.15, 0.2) is 0 Å². The molecule has 0 saturated heterocycles. The highest BCUT2D eigenvalue weighted by Gasteiger charge is 2.20. The van der Waals surface area contributed by atoms with Gasteiger partial charge in [-0.3, -0.25) is 9.69 Å². The van der Waals surface area contributed by atoms with Gasteiger partial charge in [0, 0.05) is 24.7 Å². The number of aromatic hydroxyl groups is 1. The van der Waals surface area contributed by atoms with E-state index in [9.17, 15) is 14.3 Å². The van der Waals surface area contributed by atoms with Crippen molar-refractivity contribution in [2.45, 2.75) is 26.3 Å². The predicted octanol–water partition coefficient (Wildman–Crippen LogP) is 2.05. The molecule has 0 aromatic heterocycles. The van der Waals surface area contributed by atoms with Crippen molar-refractivity contribution in [3.63, 3.8) is 0 Å². The highest BCUT2D eigenvalue weighted by molar-refractivity contribution is 5.77. The molecule has 0 spiro atoms. The molecule has 0 saturated carbocycles. The van der Waals surface area contributed by atoms with E-state index in [-0.39, 0.29) is 24.2 Å². The van der Waals surface area contributed by atoms with Crippen molar-refractivity contribution >= 4 is 5.91 Å². The van der Waals surface area contributed by atoms with Crippen LogP contribution in [0.1, 0.15) is 31.9 Å². The number of halogens is 1. The minimum atomic E-state index is -0.471. The molecule has 0 heterocycles. The second-order valence-corrected chi connectivity index (χ2v) is 4.52. The lowest BCUT2D eigenvalue weighted by Gasteiger charge is -2.28. The Morgan fingerprint density at radius 3 is 2.74 bits per heavy atom. The average Bonchev–Trinajstić information content (AvgIpc) is 2.37. The maximum absolute atomic E-state index is 13.0. The van der Waals surface area contributed by atoms with Gasteiger partial charge in [0.2, 0.25) is 5.91 Å². The Hall–Kier alpha value is -1.62.